The molecule has 2 N–H and O–H groups in total. The molecule has 6 nitrogen and oxygen atoms in total. The van der Waals surface area contributed by atoms with Crippen molar-refractivity contribution in [1.29, 1.82) is 5.26 Å². The van der Waals surface area contributed by atoms with Crippen molar-refractivity contribution >= 4 is 28.5 Å². The van der Waals surface area contributed by atoms with Gasteiger partial charge in [-0.25, -0.2) is 4.39 Å². The molecule has 0 aliphatic carbocycles. The van der Waals surface area contributed by atoms with Crippen molar-refractivity contribution in [2.45, 2.75) is 39.7 Å². The first-order valence-corrected chi connectivity index (χ1v) is 13.5. The largest absolute Gasteiger partial charge is 0.458 e. The van der Waals surface area contributed by atoms with E-state index in [0.717, 1.165) is 5.56 Å². The van der Waals surface area contributed by atoms with Gasteiger partial charge < -0.3 is 15.1 Å². The van der Waals surface area contributed by atoms with Gasteiger partial charge >= 0.3 is 0 Å². The molecule has 0 fully saturated rings. The van der Waals surface area contributed by atoms with Gasteiger partial charge in [0.15, 0.2) is 5.43 Å². The van der Waals surface area contributed by atoms with Crippen LogP contribution in [0.3, 0.4) is 0 Å². The van der Waals surface area contributed by atoms with Crippen molar-refractivity contribution in [3.8, 4) is 6.07 Å². The Labute approximate surface area is 237 Å². The summed E-state index contributed by atoms with van der Waals surface area (Å²) in [5.74, 6) is -0.732. The van der Waals surface area contributed by atoms with E-state index in [1.54, 1.807) is 60.4 Å². The first-order chi connectivity index (χ1) is 19.1. The summed E-state index contributed by atoms with van der Waals surface area (Å²) in [6, 6.07) is 17.7. The summed E-state index contributed by atoms with van der Waals surface area (Å²) in [4.78, 5) is 29.5. The van der Waals surface area contributed by atoms with Gasteiger partial charge in [0.2, 0.25) is 0 Å². The Balaban J connectivity index is 1.95. The number of nitrogens with zero attached hydrogens (tertiary/aromatic N) is 2. The lowest BCUT2D eigenvalue weighted by Gasteiger charge is -2.35. The maximum atomic E-state index is 14.5. The van der Waals surface area contributed by atoms with Gasteiger partial charge in [0.1, 0.15) is 17.2 Å². The van der Waals surface area contributed by atoms with Crippen molar-refractivity contribution in [2.24, 2.45) is 11.7 Å². The highest BCUT2D eigenvalue weighted by Crippen LogP contribution is 2.35. The highest BCUT2D eigenvalue weighted by molar-refractivity contribution is 6.31. The van der Waals surface area contributed by atoms with Gasteiger partial charge in [-0.2, -0.15) is 5.26 Å². The van der Waals surface area contributed by atoms with E-state index in [9.17, 15) is 19.2 Å². The van der Waals surface area contributed by atoms with Crippen LogP contribution >= 0.6 is 11.6 Å². The number of nitrogens with two attached hydrogens (primary N) is 1. The average molecular weight is 560 g/mol. The zero-order valence-corrected chi connectivity index (χ0v) is 23.5. The van der Waals surface area contributed by atoms with Gasteiger partial charge in [0.25, 0.3) is 5.91 Å². The Bertz CT molecular complexity index is 1660. The third-order valence-corrected chi connectivity index (χ3v) is 7.17. The molecule has 40 heavy (non-hydrogen) atoms. The predicted octanol–water partition coefficient (Wildman–Crippen LogP) is 6.54. The van der Waals surface area contributed by atoms with E-state index in [1.807, 2.05) is 19.9 Å². The fourth-order valence-corrected chi connectivity index (χ4v) is 5.07. The molecule has 0 radical (unpaired) electrons. The van der Waals surface area contributed by atoms with Crippen LogP contribution in [-0.2, 0) is 6.42 Å². The van der Waals surface area contributed by atoms with Gasteiger partial charge in [0, 0.05) is 35.2 Å². The number of hydrogen-bond acceptors (Lipinski definition) is 5. The average Bonchev–Trinajstić information content (AvgIpc) is 2.93. The standard InChI is InChI=1S/C32H31ClFN3O3/c1-19(2)29(37(13-5-12-35)32(39)23-9-8-20(3)27(34)16-23)31-26(15-21-6-4-7-22(14-21)18-36)30(38)25-11-10-24(33)17-28(25)40-31/h4,6-11,14,16-17,19,29H,5,12-13,15,35H2,1-3H3. The van der Waals surface area contributed by atoms with Crippen molar-refractivity contribution in [1.82, 2.24) is 4.90 Å². The number of fused-ring (bicyclic) bond motifs is 1. The topological polar surface area (TPSA) is 100 Å². The van der Waals surface area contributed by atoms with Gasteiger partial charge in [-0.3, -0.25) is 9.59 Å². The van der Waals surface area contributed by atoms with E-state index < -0.39 is 17.8 Å². The predicted molar refractivity (Wildman–Crippen MR) is 155 cm³/mol. The molecule has 1 aromatic heterocycles. The van der Waals surface area contributed by atoms with E-state index in [-0.39, 0.29) is 29.9 Å². The Morgan fingerprint density at radius 1 is 1.15 bits per heavy atom. The number of aryl methyl sites for hydroxylation is 1. The van der Waals surface area contributed by atoms with Crippen LogP contribution in [0, 0.1) is 30.0 Å². The van der Waals surface area contributed by atoms with Gasteiger partial charge in [-0.15, -0.1) is 0 Å². The molecular weight excluding hydrogens is 529 g/mol. The number of carbonyl (C=O) groups is 1. The molecule has 1 amide bonds. The monoisotopic (exact) mass is 559 g/mol. The molecule has 1 heterocycles. The maximum absolute atomic E-state index is 14.5. The minimum atomic E-state index is -0.673. The van der Waals surface area contributed by atoms with Crippen molar-refractivity contribution in [3.05, 3.63) is 115 Å². The fourth-order valence-electron chi connectivity index (χ4n) is 4.91. The smallest absolute Gasteiger partial charge is 0.254 e. The van der Waals surface area contributed by atoms with Crippen LogP contribution in [0.25, 0.3) is 11.0 Å². The quantitative estimate of drug-likeness (QED) is 0.251. The van der Waals surface area contributed by atoms with Gasteiger partial charge in [0.05, 0.1) is 23.1 Å². The summed E-state index contributed by atoms with van der Waals surface area (Å²) in [5.41, 5.74) is 8.13. The van der Waals surface area contributed by atoms with E-state index in [2.05, 4.69) is 6.07 Å². The number of nitriles is 1. The molecule has 3 aromatic carbocycles. The third kappa shape index (κ3) is 6.09. The number of rotatable bonds is 9. The van der Waals surface area contributed by atoms with Gasteiger partial charge in [-0.1, -0.05) is 43.6 Å². The lowest BCUT2D eigenvalue weighted by atomic mass is 9.91. The minimum Gasteiger partial charge on any atom is -0.458 e. The van der Waals surface area contributed by atoms with Crippen molar-refractivity contribution in [3.63, 3.8) is 0 Å². The van der Waals surface area contributed by atoms with Crippen LogP contribution < -0.4 is 11.2 Å². The number of halogens is 2. The summed E-state index contributed by atoms with van der Waals surface area (Å²) in [6.45, 7) is 6.11. The van der Waals surface area contributed by atoms with E-state index >= 15 is 0 Å². The molecule has 4 aromatic rings. The molecule has 4 rings (SSSR count). The third-order valence-electron chi connectivity index (χ3n) is 6.94. The molecule has 8 heteroatoms. The second-order valence-electron chi connectivity index (χ2n) is 10.2. The summed E-state index contributed by atoms with van der Waals surface area (Å²) >= 11 is 6.25. The van der Waals surface area contributed by atoms with Crippen molar-refractivity contribution in [2.75, 3.05) is 13.1 Å². The molecule has 0 bridgehead atoms. The molecule has 206 valence electrons. The number of hydrogen-bond donors (Lipinski definition) is 1. The molecular formula is C32H31ClFN3O3. The lowest BCUT2D eigenvalue weighted by Crippen LogP contribution is -2.40. The molecule has 0 saturated carbocycles. The second kappa shape index (κ2) is 12.5. The summed E-state index contributed by atoms with van der Waals surface area (Å²) in [7, 11) is 0. The normalized spacial score (nSPS) is 11.9. The minimum absolute atomic E-state index is 0.188. The lowest BCUT2D eigenvalue weighted by molar-refractivity contribution is 0.0587. The molecule has 1 unspecified atom stereocenters. The van der Waals surface area contributed by atoms with Gasteiger partial charge in [-0.05, 0) is 73.3 Å². The van der Waals surface area contributed by atoms with Crippen LogP contribution in [0.15, 0.2) is 69.9 Å². The highest BCUT2D eigenvalue weighted by Gasteiger charge is 2.34. The molecule has 0 aliphatic rings. The van der Waals surface area contributed by atoms with Crippen LogP contribution in [0.1, 0.15) is 64.7 Å². The van der Waals surface area contributed by atoms with E-state index in [0.29, 0.717) is 51.4 Å². The van der Waals surface area contributed by atoms with Crippen LogP contribution in [0.4, 0.5) is 4.39 Å². The first-order valence-electron chi connectivity index (χ1n) is 13.2. The summed E-state index contributed by atoms with van der Waals surface area (Å²) in [6.07, 6.45) is 0.680. The number of amides is 1. The SMILES string of the molecule is Cc1ccc(C(=O)N(CCCN)C(c2oc3cc(Cl)ccc3c(=O)c2Cc2cccc(C#N)c2)C(C)C)cc1F. The Kier molecular flexibility index (Phi) is 9.03. The maximum Gasteiger partial charge on any atom is 0.254 e. The number of benzene rings is 3. The van der Waals surface area contributed by atoms with Crippen LogP contribution in [0.5, 0.6) is 0 Å². The Hall–Kier alpha value is -3.99. The van der Waals surface area contributed by atoms with Crippen molar-refractivity contribution < 1.29 is 13.6 Å². The zero-order valence-electron chi connectivity index (χ0n) is 22.7. The van der Waals surface area contributed by atoms with Crippen LogP contribution in [-0.4, -0.2) is 23.9 Å². The second-order valence-corrected chi connectivity index (χ2v) is 10.6. The Morgan fingerprint density at radius 3 is 2.60 bits per heavy atom. The molecule has 0 spiro atoms. The highest BCUT2D eigenvalue weighted by atomic mass is 35.5. The van der Waals surface area contributed by atoms with E-state index in [4.69, 9.17) is 21.8 Å². The first kappa shape index (κ1) is 29.0. The molecule has 0 saturated heterocycles. The summed E-state index contributed by atoms with van der Waals surface area (Å²) in [5, 5.41) is 10.2. The summed E-state index contributed by atoms with van der Waals surface area (Å²) < 4.78 is 20.9. The zero-order chi connectivity index (χ0) is 29.0. The molecule has 1 atom stereocenters. The Morgan fingerprint density at radius 2 is 1.93 bits per heavy atom. The van der Waals surface area contributed by atoms with E-state index in [1.165, 1.54) is 6.07 Å². The number of carbonyl (C=O) groups excluding carboxylic acids is 1. The fraction of sp³-hybridized carbons (Fsp3) is 0.281. The molecule has 0 aliphatic heterocycles. The van der Waals surface area contributed by atoms with Crippen LogP contribution in [0.2, 0.25) is 5.02 Å².